The molecule has 0 radical (unpaired) electrons. The maximum Gasteiger partial charge on any atom is 0.472 e. The van der Waals surface area contributed by atoms with Gasteiger partial charge >= 0.3 is 13.8 Å². The van der Waals surface area contributed by atoms with E-state index in [0.29, 0.717) is 13.0 Å². The van der Waals surface area contributed by atoms with Gasteiger partial charge in [-0.2, -0.15) is 0 Å². The second-order valence-electron chi connectivity index (χ2n) is 14.1. The lowest BCUT2D eigenvalue weighted by Gasteiger charge is -2.41. The maximum absolute atomic E-state index is 12.7. The number of aliphatic hydroxyl groups excluding tert-OH is 5. The van der Waals surface area contributed by atoms with Crippen LogP contribution in [0.15, 0.2) is 36.5 Å². The van der Waals surface area contributed by atoms with Gasteiger partial charge in [0.2, 0.25) is 0 Å². The number of carbonyl (C=O) groups is 1. The van der Waals surface area contributed by atoms with Crippen LogP contribution in [0, 0.1) is 0 Å². The van der Waals surface area contributed by atoms with Crippen molar-refractivity contribution in [1.29, 1.82) is 0 Å². The van der Waals surface area contributed by atoms with Gasteiger partial charge < -0.3 is 39.9 Å². The molecule has 0 heterocycles. The third-order valence-electron chi connectivity index (χ3n) is 9.28. The highest BCUT2D eigenvalue weighted by molar-refractivity contribution is 7.47. The minimum Gasteiger partial charge on any atom is -0.457 e. The fourth-order valence-corrected chi connectivity index (χ4v) is 6.99. The molecule has 0 aromatic heterocycles. The monoisotopic (exact) mass is 776 g/mol. The summed E-state index contributed by atoms with van der Waals surface area (Å²) < 4.78 is 34.0. The predicted octanol–water partition coefficient (Wildman–Crippen LogP) is 7.14. The minimum atomic E-state index is -5.01. The highest BCUT2D eigenvalue weighted by Crippen LogP contribution is 2.47. The van der Waals surface area contributed by atoms with Gasteiger partial charge in [-0.1, -0.05) is 134 Å². The van der Waals surface area contributed by atoms with Crippen molar-refractivity contribution in [3.8, 4) is 0 Å². The molecule has 53 heavy (non-hydrogen) atoms. The van der Waals surface area contributed by atoms with Gasteiger partial charge in [0.05, 0.1) is 13.2 Å². The molecule has 1 fully saturated rings. The Kier molecular flexibility index (Phi) is 29.7. The Morgan fingerprint density at radius 3 is 1.70 bits per heavy atom. The molecule has 6 N–H and O–H groups in total. The zero-order valence-corrected chi connectivity index (χ0v) is 33.5. The van der Waals surface area contributed by atoms with Gasteiger partial charge in [-0.15, -0.1) is 0 Å². The van der Waals surface area contributed by atoms with Gasteiger partial charge in [-0.25, -0.2) is 4.57 Å². The summed E-state index contributed by atoms with van der Waals surface area (Å²) in [6, 6.07) is 0. The fraction of sp³-hybridized carbons (Fsp3) is 0.825. The van der Waals surface area contributed by atoms with Crippen molar-refractivity contribution in [3.05, 3.63) is 36.5 Å². The molecule has 0 spiro atoms. The Morgan fingerprint density at radius 2 is 1.11 bits per heavy atom. The zero-order valence-electron chi connectivity index (χ0n) is 32.6. The number of hydrogen-bond acceptors (Lipinski definition) is 11. The van der Waals surface area contributed by atoms with Crippen LogP contribution in [-0.4, -0.2) is 98.9 Å². The van der Waals surface area contributed by atoms with Crippen molar-refractivity contribution in [2.45, 2.75) is 191 Å². The van der Waals surface area contributed by atoms with Gasteiger partial charge in [0.25, 0.3) is 0 Å². The van der Waals surface area contributed by atoms with Crippen molar-refractivity contribution >= 4 is 13.8 Å². The van der Waals surface area contributed by atoms with Gasteiger partial charge in [-0.3, -0.25) is 13.8 Å². The van der Waals surface area contributed by atoms with E-state index < -0.39 is 63.1 Å². The summed E-state index contributed by atoms with van der Waals surface area (Å²) in [5.74, 6) is -0.486. The van der Waals surface area contributed by atoms with Crippen LogP contribution in [0.4, 0.5) is 0 Å². The largest absolute Gasteiger partial charge is 0.472 e. The van der Waals surface area contributed by atoms with Crippen molar-refractivity contribution in [1.82, 2.24) is 0 Å². The first-order valence-corrected chi connectivity index (χ1v) is 21.8. The molecule has 0 saturated heterocycles. The van der Waals surface area contributed by atoms with Crippen LogP contribution in [0.1, 0.15) is 149 Å². The molecule has 0 amide bonds. The molecular weight excluding hydrogens is 703 g/mol. The number of carbonyl (C=O) groups excluding carboxylic acids is 1. The Hall–Kier alpha value is -1.44. The van der Waals surface area contributed by atoms with E-state index >= 15 is 0 Å². The third-order valence-corrected chi connectivity index (χ3v) is 10.3. The SMILES string of the molecule is CC/C=C\C/C=C\C/C=C\CCCCCCCCOCC(COP(=O)(O)OC1C(O)C(O)C(O)C(O)C1O)OC(=O)CCCCCCCCCCCC. The highest BCUT2D eigenvalue weighted by Gasteiger charge is 2.51. The average Bonchev–Trinajstić information content (AvgIpc) is 3.14. The van der Waals surface area contributed by atoms with Crippen molar-refractivity contribution < 1.29 is 58.3 Å². The number of allylic oxidation sites excluding steroid dienone is 6. The predicted molar refractivity (Wildman–Crippen MR) is 207 cm³/mol. The van der Waals surface area contributed by atoms with E-state index in [-0.39, 0.29) is 13.0 Å². The highest BCUT2D eigenvalue weighted by atomic mass is 31.2. The number of unbranched alkanes of at least 4 members (excludes halogenated alkanes) is 15. The Labute approximate surface area is 319 Å². The van der Waals surface area contributed by atoms with Gasteiger partial charge in [0, 0.05) is 13.0 Å². The number of ether oxygens (including phenoxy) is 2. The molecule has 1 aliphatic rings. The number of phosphoric ester groups is 1. The summed E-state index contributed by atoms with van der Waals surface area (Å²) in [5, 5.41) is 50.0. The molecule has 310 valence electrons. The molecule has 6 unspecified atom stereocenters. The molecule has 0 aromatic carbocycles. The molecule has 0 aromatic rings. The zero-order chi connectivity index (χ0) is 39.2. The second kappa shape index (κ2) is 31.7. The summed E-state index contributed by atoms with van der Waals surface area (Å²) in [5.41, 5.74) is 0. The molecule has 0 aliphatic heterocycles. The number of phosphoric acid groups is 1. The van der Waals surface area contributed by atoms with Crippen molar-refractivity contribution in [3.63, 3.8) is 0 Å². The van der Waals surface area contributed by atoms with E-state index in [9.17, 15) is 39.8 Å². The normalized spacial score (nSPS) is 24.0. The summed E-state index contributed by atoms with van der Waals surface area (Å²) >= 11 is 0. The number of hydrogen-bond donors (Lipinski definition) is 6. The van der Waals surface area contributed by atoms with E-state index in [0.717, 1.165) is 83.5 Å². The molecule has 6 atom stereocenters. The van der Waals surface area contributed by atoms with E-state index in [1.54, 1.807) is 0 Å². The maximum atomic E-state index is 12.7. The molecule has 0 bridgehead atoms. The molecule has 1 saturated carbocycles. The van der Waals surface area contributed by atoms with Crippen LogP contribution in [0.3, 0.4) is 0 Å². The topological polar surface area (TPSA) is 192 Å². The van der Waals surface area contributed by atoms with Crippen LogP contribution in [0.25, 0.3) is 0 Å². The van der Waals surface area contributed by atoms with Crippen LogP contribution < -0.4 is 0 Å². The van der Waals surface area contributed by atoms with Crippen LogP contribution >= 0.6 is 7.82 Å². The Balaban J connectivity index is 2.45. The number of aliphatic hydroxyl groups is 5. The quantitative estimate of drug-likeness (QED) is 0.0171. The first-order chi connectivity index (χ1) is 25.5. The fourth-order valence-electron chi connectivity index (χ4n) is 6.02. The van der Waals surface area contributed by atoms with Crippen molar-refractivity contribution in [2.75, 3.05) is 19.8 Å². The second-order valence-corrected chi connectivity index (χ2v) is 15.5. The van der Waals surface area contributed by atoms with Crippen molar-refractivity contribution in [2.24, 2.45) is 0 Å². The van der Waals surface area contributed by atoms with E-state index in [1.807, 2.05) is 0 Å². The Morgan fingerprint density at radius 1 is 0.623 bits per heavy atom. The molecular formula is C40H73O12P. The molecule has 13 heteroatoms. The average molecular weight is 777 g/mol. The summed E-state index contributed by atoms with van der Waals surface area (Å²) in [4.78, 5) is 23.0. The van der Waals surface area contributed by atoms with Crippen LogP contribution in [0.5, 0.6) is 0 Å². The molecule has 12 nitrogen and oxygen atoms in total. The smallest absolute Gasteiger partial charge is 0.457 e. The van der Waals surface area contributed by atoms with E-state index in [1.165, 1.54) is 38.5 Å². The lowest BCUT2D eigenvalue weighted by atomic mass is 9.85. The standard InChI is InChI=1S/C40H73O12P/c1-3-5-7-9-11-13-15-16-17-18-19-20-22-24-26-28-30-49-31-33(51-34(41)29-27-25-23-21-14-12-10-8-6-4-2)32-50-53(47,48)52-40-38(45)36(43)35(42)37(44)39(40)46/h5,7,11,13,16-17,33,35-40,42-46H,3-4,6,8-10,12,14-15,18-32H2,1-2H3,(H,47,48)/b7-5-,13-11-,17-16-. The number of rotatable bonds is 33. The van der Waals surface area contributed by atoms with Gasteiger partial charge in [-0.05, 0) is 44.9 Å². The van der Waals surface area contributed by atoms with Gasteiger partial charge in [0.15, 0.2) is 0 Å². The summed E-state index contributed by atoms with van der Waals surface area (Å²) in [6.45, 7) is 4.08. The van der Waals surface area contributed by atoms with E-state index in [4.69, 9.17) is 18.5 Å². The summed E-state index contributed by atoms with van der Waals surface area (Å²) in [7, 11) is -5.01. The molecule has 1 aliphatic carbocycles. The number of esters is 1. The first-order valence-electron chi connectivity index (χ1n) is 20.3. The minimum absolute atomic E-state index is 0.0843. The summed E-state index contributed by atoms with van der Waals surface area (Å²) in [6.07, 6.45) is 22.3. The lowest BCUT2D eigenvalue weighted by Crippen LogP contribution is -2.64. The Bertz CT molecular complexity index is 1020. The lowest BCUT2D eigenvalue weighted by molar-refractivity contribution is -0.220. The molecule has 1 rings (SSSR count). The van der Waals surface area contributed by atoms with Crippen LogP contribution in [-0.2, 0) is 27.9 Å². The van der Waals surface area contributed by atoms with E-state index in [2.05, 4.69) is 50.3 Å². The van der Waals surface area contributed by atoms with Crippen LogP contribution in [0.2, 0.25) is 0 Å². The third kappa shape index (κ3) is 24.6. The first kappa shape index (κ1) is 49.6. The van der Waals surface area contributed by atoms with Gasteiger partial charge in [0.1, 0.15) is 42.7 Å².